The molecular weight excluding hydrogens is 444 g/mol. The van der Waals surface area contributed by atoms with Crippen molar-refractivity contribution in [1.82, 2.24) is 9.62 Å². The first-order valence-electron chi connectivity index (χ1n) is 8.76. The van der Waals surface area contributed by atoms with Crippen molar-refractivity contribution in [1.29, 1.82) is 0 Å². The second-order valence-corrected chi connectivity index (χ2v) is 9.50. The third kappa shape index (κ3) is 5.33. The SMILES string of the molecule is COc1ccc(Br)cc1CN(C)C(=O)c1cc(S(=O)(=O)NC(C)C)ccc1C. The first kappa shape index (κ1) is 22.4. The Morgan fingerprint density at radius 2 is 1.89 bits per heavy atom. The summed E-state index contributed by atoms with van der Waals surface area (Å²) < 4.78 is 33.7. The van der Waals surface area contributed by atoms with Gasteiger partial charge in [-0.25, -0.2) is 13.1 Å². The molecule has 152 valence electrons. The number of nitrogens with zero attached hydrogens (tertiary/aromatic N) is 1. The van der Waals surface area contributed by atoms with Gasteiger partial charge >= 0.3 is 0 Å². The Balaban J connectivity index is 2.33. The predicted octanol–water partition coefficient (Wildman–Crippen LogP) is 3.73. The number of benzene rings is 2. The van der Waals surface area contributed by atoms with Gasteiger partial charge in [0.25, 0.3) is 5.91 Å². The highest BCUT2D eigenvalue weighted by Gasteiger charge is 2.21. The van der Waals surface area contributed by atoms with E-state index in [9.17, 15) is 13.2 Å². The second kappa shape index (κ2) is 9.07. The van der Waals surface area contributed by atoms with Crippen molar-refractivity contribution in [3.63, 3.8) is 0 Å². The summed E-state index contributed by atoms with van der Waals surface area (Å²) in [6.45, 7) is 5.60. The minimum Gasteiger partial charge on any atom is -0.496 e. The maximum atomic E-state index is 13.0. The summed E-state index contributed by atoms with van der Waals surface area (Å²) in [4.78, 5) is 14.6. The number of carbonyl (C=O) groups is 1. The molecule has 0 bridgehead atoms. The lowest BCUT2D eigenvalue weighted by atomic mass is 10.1. The molecule has 28 heavy (non-hydrogen) atoms. The lowest BCUT2D eigenvalue weighted by Gasteiger charge is -2.21. The van der Waals surface area contributed by atoms with Gasteiger partial charge in [-0.2, -0.15) is 0 Å². The normalized spacial score (nSPS) is 11.5. The molecule has 2 aromatic carbocycles. The van der Waals surface area contributed by atoms with Crippen molar-refractivity contribution in [2.75, 3.05) is 14.2 Å². The molecule has 0 aromatic heterocycles. The van der Waals surface area contributed by atoms with Gasteiger partial charge in [-0.05, 0) is 56.7 Å². The molecule has 0 aliphatic carbocycles. The van der Waals surface area contributed by atoms with Crippen LogP contribution in [0.3, 0.4) is 0 Å². The van der Waals surface area contributed by atoms with Gasteiger partial charge in [0.05, 0.1) is 12.0 Å². The van der Waals surface area contributed by atoms with Crippen LogP contribution in [0.15, 0.2) is 45.8 Å². The highest BCUT2D eigenvalue weighted by Crippen LogP contribution is 2.25. The van der Waals surface area contributed by atoms with Gasteiger partial charge in [-0.1, -0.05) is 22.0 Å². The first-order chi connectivity index (χ1) is 13.0. The smallest absolute Gasteiger partial charge is 0.254 e. The molecule has 0 spiro atoms. The molecule has 2 rings (SSSR count). The van der Waals surface area contributed by atoms with Crippen molar-refractivity contribution in [3.8, 4) is 5.75 Å². The maximum Gasteiger partial charge on any atom is 0.254 e. The van der Waals surface area contributed by atoms with Crippen LogP contribution in [-0.2, 0) is 16.6 Å². The summed E-state index contributed by atoms with van der Waals surface area (Å²) in [6, 6.07) is 9.93. The zero-order valence-electron chi connectivity index (χ0n) is 16.6. The lowest BCUT2D eigenvalue weighted by molar-refractivity contribution is 0.0783. The number of hydrogen-bond donors (Lipinski definition) is 1. The van der Waals surface area contributed by atoms with Gasteiger partial charge in [0.15, 0.2) is 0 Å². The number of methoxy groups -OCH3 is 1. The van der Waals surface area contributed by atoms with E-state index in [0.29, 0.717) is 23.4 Å². The Kier molecular flexibility index (Phi) is 7.25. The van der Waals surface area contributed by atoms with E-state index in [4.69, 9.17) is 4.74 Å². The summed E-state index contributed by atoms with van der Waals surface area (Å²) in [5.74, 6) is 0.415. The fourth-order valence-electron chi connectivity index (χ4n) is 2.78. The highest BCUT2D eigenvalue weighted by molar-refractivity contribution is 9.10. The zero-order valence-corrected chi connectivity index (χ0v) is 19.0. The van der Waals surface area contributed by atoms with E-state index >= 15 is 0 Å². The minimum atomic E-state index is -3.68. The molecule has 1 N–H and O–H groups in total. The van der Waals surface area contributed by atoms with Gasteiger partial charge in [0.2, 0.25) is 10.0 Å². The molecule has 1 amide bonds. The molecule has 0 fully saturated rings. The Bertz CT molecular complexity index is 974. The number of halogens is 1. The van der Waals surface area contributed by atoms with Gasteiger partial charge in [0.1, 0.15) is 5.75 Å². The van der Waals surface area contributed by atoms with E-state index in [0.717, 1.165) is 10.0 Å². The number of aryl methyl sites for hydroxylation is 1. The molecule has 8 heteroatoms. The van der Waals surface area contributed by atoms with E-state index in [1.54, 1.807) is 45.9 Å². The molecule has 0 saturated carbocycles. The van der Waals surface area contributed by atoms with Crippen LogP contribution in [0.5, 0.6) is 5.75 Å². The molecule has 6 nitrogen and oxygen atoms in total. The molecule has 0 heterocycles. The summed E-state index contributed by atoms with van der Waals surface area (Å²) in [5, 5.41) is 0. The van der Waals surface area contributed by atoms with Crippen LogP contribution < -0.4 is 9.46 Å². The average Bonchev–Trinajstić information content (AvgIpc) is 2.60. The van der Waals surface area contributed by atoms with E-state index in [1.807, 2.05) is 18.2 Å². The highest BCUT2D eigenvalue weighted by atomic mass is 79.9. The van der Waals surface area contributed by atoms with Crippen LogP contribution in [0.1, 0.15) is 35.3 Å². The Morgan fingerprint density at radius 3 is 2.50 bits per heavy atom. The molecule has 0 atom stereocenters. The fourth-order valence-corrected chi connectivity index (χ4v) is 4.47. The van der Waals surface area contributed by atoms with E-state index < -0.39 is 10.0 Å². The van der Waals surface area contributed by atoms with Crippen LogP contribution in [-0.4, -0.2) is 39.4 Å². The van der Waals surface area contributed by atoms with Crippen molar-refractivity contribution < 1.29 is 17.9 Å². The van der Waals surface area contributed by atoms with Crippen LogP contribution in [0, 0.1) is 6.92 Å². The molecule has 0 aliphatic heterocycles. The van der Waals surface area contributed by atoms with Crippen LogP contribution in [0.2, 0.25) is 0 Å². The molecule has 0 saturated heterocycles. The summed E-state index contributed by atoms with van der Waals surface area (Å²) in [7, 11) is -0.426. The number of nitrogens with one attached hydrogen (secondary N) is 1. The Labute approximate surface area is 175 Å². The number of ether oxygens (including phenoxy) is 1. The zero-order chi connectivity index (χ0) is 21.1. The molecule has 0 aliphatic rings. The first-order valence-corrected chi connectivity index (χ1v) is 11.0. The molecule has 0 radical (unpaired) electrons. The van der Waals surface area contributed by atoms with Crippen molar-refractivity contribution in [2.24, 2.45) is 0 Å². The number of carbonyl (C=O) groups excluding carboxylic acids is 1. The van der Waals surface area contributed by atoms with Gasteiger partial charge in [0, 0.05) is 35.2 Å². The van der Waals surface area contributed by atoms with Crippen molar-refractivity contribution in [2.45, 2.75) is 38.3 Å². The average molecular weight is 469 g/mol. The molecular formula is C20H25BrN2O4S. The summed E-state index contributed by atoms with van der Waals surface area (Å²) in [6.07, 6.45) is 0. The van der Waals surface area contributed by atoms with Gasteiger partial charge in [-0.3, -0.25) is 4.79 Å². The monoisotopic (exact) mass is 468 g/mol. The number of hydrogen-bond acceptors (Lipinski definition) is 4. The number of rotatable bonds is 7. The standard InChI is InChI=1S/C20H25BrN2O4S/c1-13(2)22-28(25,26)17-8-6-14(3)18(11-17)20(24)23(4)12-15-10-16(21)7-9-19(15)27-5/h6-11,13,22H,12H2,1-5H3. The second-order valence-electron chi connectivity index (χ2n) is 6.87. The summed E-state index contributed by atoms with van der Waals surface area (Å²) in [5.41, 5.74) is 1.90. The predicted molar refractivity (Wildman–Crippen MR) is 113 cm³/mol. The van der Waals surface area contributed by atoms with Crippen LogP contribution in [0.25, 0.3) is 0 Å². The van der Waals surface area contributed by atoms with E-state index in [-0.39, 0.29) is 16.8 Å². The fraction of sp³-hybridized carbons (Fsp3) is 0.350. The van der Waals surface area contributed by atoms with E-state index in [2.05, 4.69) is 20.7 Å². The number of sulfonamides is 1. The third-order valence-corrected chi connectivity index (χ3v) is 6.29. The third-order valence-electron chi connectivity index (χ3n) is 4.14. The number of amides is 1. The largest absolute Gasteiger partial charge is 0.496 e. The van der Waals surface area contributed by atoms with Crippen molar-refractivity contribution >= 4 is 31.9 Å². The van der Waals surface area contributed by atoms with Gasteiger partial charge in [-0.15, -0.1) is 0 Å². The topological polar surface area (TPSA) is 75.7 Å². The molecule has 0 unspecified atom stereocenters. The van der Waals surface area contributed by atoms with Crippen LogP contribution in [0.4, 0.5) is 0 Å². The van der Waals surface area contributed by atoms with Crippen LogP contribution >= 0.6 is 15.9 Å². The lowest BCUT2D eigenvalue weighted by Crippen LogP contribution is -2.31. The Morgan fingerprint density at radius 1 is 1.21 bits per heavy atom. The van der Waals surface area contributed by atoms with Crippen molar-refractivity contribution in [3.05, 3.63) is 57.6 Å². The Hall–Kier alpha value is -1.90. The van der Waals surface area contributed by atoms with Gasteiger partial charge < -0.3 is 9.64 Å². The maximum absolute atomic E-state index is 13.0. The minimum absolute atomic E-state index is 0.0728. The van der Waals surface area contributed by atoms with E-state index in [1.165, 1.54) is 12.1 Å². The molecule has 2 aromatic rings. The summed E-state index contributed by atoms with van der Waals surface area (Å²) >= 11 is 3.43. The quantitative estimate of drug-likeness (QED) is 0.671.